The average Bonchev–Trinajstić information content (AvgIpc) is 3.29. The second-order valence-corrected chi connectivity index (χ2v) is 6.30. The highest BCUT2D eigenvalue weighted by atomic mass is 15.1. The summed E-state index contributed by atoms with van der Waals surface area (Å²) >= 11 is 0. The Labute approximate surface area is 154 Å². The molecule has 3 N–H and O–H groups in total. The second-order valence-electron chi connectivity index (χ2n) is 6.30. The van der Waals surface area contributed by atoms with Crippen molar-refractivity contribution in [2.24, 2.45) is 0 Å². The molecule has 0 radical (unpaired) electrons. The molecule has 0 saturated carbocycles. The number of nitrogens with two attached hydrogens (primary N) is 1. The number of rotatable bonds is 3. The molecule has 0 spiro atoms. The molecule has 4 aromatic heterocycles. The summed E-state index contributed by atoms with van der Waals surface area (Å²) in [5.74, 6) is 1.05. The van der Waals surface area contributed by atoms with E-state index in [0.29, 0.717) is 17.3 Å². The van der Waals surface area contributed by atoms with Crippen LogP contribution in [0, 0.1) is 0 Å². The molecule has 132 valence electrons. The van der Waals surface area contributed by atoms with E-state index in [4.69, 9.17) is 15.7 Å². The summed E-state index contributed by atoms with van der Waals surface area (Å²) < 4.78 is 2.08. The van der Waals surface area contributed by atoms with Crippen LogP contribution >= 0.6 is 0 Å². The van der Waals surface area contributed by atoms with Crippen molar-refractivity contribution in [1.82, 2.24) is 29.5 Å². The fourth-order valence-electron chi connectivity index (χ4n) is 3.39. The number of nitrogens with one attached hydrogen (secondary N) is 1. The van der Waals surface area contributed by atoms with Gasteiger partial charge in [0, 0.05) is 23.6 Å². The third-order valence-electron chi connectivity index (χ3n) is 4.69. The standard InChI is InChI=1S/C20H17N7/c1-2-27-17-7-8-22-10-16(17)26-20(27)18-19(21)23-11-15(25-18)14-9-12-5-3-4-6-13(12)24-14/h3-11,24H,2H2,1H3,(H2,21,23). The van der Waals surface area contributed by atoms with E-state index in [1.807, 2.05) is 24.3 Å². The van der Waals surface area contributed by atoms with Gasteiger partial charge in [0.2, 0.25) is 0 Å². The van der Waals surface area contributed by atoms with Gasteiger partial charge in [0.25, 0.3) is 0 Å². The lowest BCUT2D eigenvalue weighted by molar-refractivity contribution is 0.793. The normalized spacial score (nSPS) is 11.4. The van der Waals surface area contributed by atoms with Crippen LogP contribution in [0.4, 0.5) is 5.82 Å². The highest BCUT2D eigenvalue weighted by molar-refractivity contribution is 5.86. The number of H-pyrrole nitrogens is 1. The molecule has 0 fully saturated rings. The monoisotopic (exact) mass is 355 g/mol. The Morgan fingerprint density at radius 1 is 1.11 bits per heavy atom. The SMILES string of the molecule is CCn1c(-c2nc(-c3cc4ccccc4[nH]3)cnc2N)nc2cnccc21. The summed E-state index contributed by atoms with van der Waals surface area (Å²) in [5.41, 5.74) is 11.2. The van der Waals surface area contributed by atoms with Crippen LogP contribution in [0.1, 0.15) is 6.92 Å². The summed E-state index contributed by atoms with van der Waals surface area (Å²) in [6.45, 7) is 2.81. The summed E-state index contributed by atoms with van der Waals surface area (Å²) in [6.07, 6.45) is 5.19. The molecule has 0 aliphatic carbocycles. The van der Waals surface area contributed by atoms with Gasteiger partial charge >= 0.3 is 0 Å². The molecule has 0 amide bonds. The first kappa shape index (κ1) is 15.5. The molecule has 0 aliphatic heterocycles. The number of aryl methyl sites for hydroxylation is 1. The highest BCUT2D eigenvalue weighted by Gasteiger charge is 2.17. The van der Waals surface area contributed by atoms with Crippen molar-refractivity contribution in [3.05, 3.63) is 55.0 Å². The molecule has 1 aromatic carbocycles. The van der Waals surface area contributed by atoms with Crippen LogP contribution in [0.2, 0.25) is 0 Å². The first-order valence-corrected chi connectivity index (χ1v) is 8.76. The Kier molecular flexibility index (Phi) is 3.39. The van der Waals surface area contributed by atoms with Gasteiger partial charge in [-0.25, -0.2) is 15.0 Å². The predicted octanol–water partition coefficient (Wildman–Crippen LogP) is 3.64. The minimum Gasteiger partial charge on any atom is -0.382 e. The molecule has 27 heavy (non-hydrogen) atoms. The number of benzene rings is 1. The van der Waals surface area contributed by atoms with Crippen LogP contribution < -0.4 is 5.73 Å². The van der Waals surface area contributed by atoms with Crippen molar-refractivity contribution >= 4 is 27.8 Å². The number of nitrogen functional groups attached to an aromatic ring is 1. The number of aromatic nitrogens is 6. The average molecular weight is 355 g/mol. The first-order valence-electron chi connectivity index (χ1n) is 8.76. The van der Waals surface area contributed by atoms with Gasteiger partial charge in [0.05, 0.1) is 23.6 Å². The van der Waals surface area contributed by atoms with Gasteiger partial charge in [0.15, 0.2) is 11.6 Å². The van der Waals surface area contributed by atoms with Gasteiger partial charge < -0.3 is 15.3 Å². The Morgan fingerprint density at radius 3 is 2.85 bits per heavy atom. The third kappa shape index (κ3) is 2.43. The molecule has 7 nitrogen and oxygen atoms in total. The van der Waals surface area contributed by atoms with Gasteiger partial charge in [-0.1, -0.05) is 18.2 Å². The van der Waals surface area contributed by atoms with Crippen molar-refractivity contribution in [2.45, 2.75) is 13.5 Å². The first-order chi connectivity index (χ1) is 13.2. The summed E-state index contributed by atoms with van der Waals surface area (Å²) in [6, 6.07) is 12.1. The molecule has 0 atom stereocenters. The summed E-state index contributed by atoms with van der Waals surface area (Å²) in [5, 5.41) is 1.12. The molecule has 4 heterocycles. The molecule has 0 aliphatic rings. The number of fused-ring (bicyclic) bond motifs is 2. The van der Waals surface area contributed by atoms with Crippen molar-refractivity contribution < 1.29 is 0 Å². The predicted molar refractivity (Wildman–Crippen MR) is 106 cm³/mol. The zero-order valence-corrected chi connectivity index (χ0v) is 14.7. The molecular formula is C20H17N7. The van der Waals surface area contributed by atoms with Gasteiger partial charge in [-0.3, -0.25) is 4.98 Å². The largest absolute Gasteiger partial charge is 0.382 e. The van der Waals surface area contributed by atoms with E-state index in [2.05, 4.69) is 38.6 Å². The smallest absolute Gasteiger partial charge is 0.163 e. The van der Waals surface area contributed by atoms with Gasteiger partial charge in [0.1, 0.15) is 16.9 Å². The van der Waals surface area contributed by atoms with E-state index in [1.54, 1.807) is 18.6 Å². The number of pyridine rings is 1. The molecule has 0 unspecified atom stereocenters. The number of para-hydroxylation sites is 1. The number of hydrogen-bond acceptors (Lipinski definition) is 5. The van der Waals surface area contributed by atoms with E-state index in [0.717, 1.165) is 39.9 Å². The van der Waals surface area contributed by atoms with Crippen LogP contribution in [-0.2, 0) is 6.54 Å². The number of hydrogen-bond donors (Lipinski definition) is 2. The van der Waals surface area contributed by atoms with Crippen molar-refractivity contribution in [3.63, 3.8) is 0 Å². The van der Waals surface area contributed by atoms with E-state index in [1.165, 1.54) is 0 Å². The van der Waals surface area contributed by atoms with Crippen LogP contribution in [-0.4, -0.2) is 29.5 Å². The van der Waals surface area contributed by atoms with Gasteiger partial charge in [-0.05, 0) is 25.1 Å². The summed E-state index contributed by atoms with van der Waals surface area (Å²) in [4.78, 5) is 21.4. The zero-order valence-electron chi connectivity index (χ0n) is 14.7. The molecule has 0 saturated heterocycles. The van der Waals surface area contributed by atoms with Crippen LogP contribution in [0.25, 0.3) is 44.8 Å². The zero-order chi connectivity index (χ0) is 18.4. The lowest BCUT2D eigenvalue weighted by Crippen LogP contribution is -2.04. The van der Waals surface area contributed by atoms with Gasteiger partial charge in [-0.15, -0.1) is 0 Å². The number of imidazole rings is 1. The number of anilines is 1. The Morgan fingerprint density at radius 2 is 2.00 bits per heavy atom. The Balaban J connectivity index is 1.71. The molecule has 5 rings (SSSR count). The second kappa shape index (κ2) is 5.91. The van der Waals surface area contributed by atoms with E-state index in [9.17, 15) is 0 Å². The van der Waals surface area contributed by atoms with Crippen LogP contribution in [0.3, 0.4) is 0 Å². The third-order valence-corrected chi connectivity index (χ3v) is 4.69. The van der Waals surface area contributed by atoms with E-state index in [-0.39, 0.29) is 0 Å². The maximum absolute atomic E-state index is 6.17. The topological polar surface area (TPSA) is 98.3 Å². The van der Waals surface area contributed by atoms with E-state index < -0.39 is 0 Å². The molecule has 5 aromatic rings. The quantitative estimate of drug-likeness (QED) is 0.515. The highest BCUT2D eigenvalue weighted by Crippen LogP contribution is 2.29. The summed E-state index contributed by atoms with van der Waals surface area (Å²) in [7, 11) is 0. The minimum absolute atomic E-state index is 0.354. The maximum Gasteiger partial charge on any atom is 0.163 e. The number of nitrogens with zero attached hydrogens (tertiary/aromatic N) is 5. The molecular weight excluding hydrogens is 338 g/mol. The number of aromatic amines is 1. The van der Waals surface area contributed by atoms with Crippen LogP contribution in [0.5, 0.6) is 0 Å². The van der Waals surface area contributed by atoms with Crippen molar-refractivity contribution in [1.29, 1.82) is 0 Å². The fraction of sp³-hybridized carbons (Fsp3) is 0.100. The Bertz CT molecular complexity index is 1250. The van der Waals surface area contributed by atoms with Crippen molar-refractivity contribution in [3.8, 4) is 22.9 Å². The van der Waals surface area contributed by atoms with Gasteiger partial charge in [-0.2, -0.15) is 0 Å². The Hall–Kier alpha value is -3.74. The molecule has 0 bridgehead atoms. The maximum atomic E-state index is 6.17. The fourth-order valence-corrected chi connectivity index (χ4v) is 3.39. The van der Waals surface area contributed by atoms with Crippen molar-refractivity contribution in [2.75, 3.05) is 5.73 Å². The van der Waals surface area contributed by atoms with Crippen LogP contribution in [0.15, 0.2) is 55.0 Å². The van der Waals surface area contributed by atoms with E-state index >= 15 is 0 Å². The lowest BCUT2D eigenvalue weighted by atomic mass is 10.2. The molecule has 7 heteroatoms. The minimum atomic E-state index is 0.354. The lowest BCUT2D eigenvalue weighted by Gasteiger charge is -2.08.